The molecule has 3 unspecified atom stereocenters. The molecule has 0 saturated heterocycles. The molecule has 0 fully saturated rings. The first-order valence-electron chi connectivity index (χ1n) is 7.33. The molecular weight excluding hydrogens is 236 g/mol. The van der Waals surface area contributed by atoms with Gasteiger partial charge in [-0.15, -0.1) is 0 Å². The molecule has 3 nitrogen and oxygen atoms in total. The minimum atomic E-state index is 0.233. The third kappa shape index (κ3) is 5.72. The lowest BCUT2D eigenvalue weighted by Crippen LogP contribution is -2.43. The lowest BCUT2D eigenvalue weighted by atomic mass is 9.93. The van der Waals surface area contributed by atoms with E-state index in [0.717, 1.165) is 19.3 Å². The highest BCUT2D eigenvalue weighted by Crippen LogP contribution is 2.20. The van der Waals surface area contributed by atoms with Gasteiger partial charge >= 0.3 is 0 Å². The van der Waals surface area contributed by atoms with Gasteiger partial charge in [0.1, 0.15) is 0 Å². The van der Waals surface area contributed by atoms with Crippen LogP contribution in [0.1, 0.15) is 44.6 Å². The van der Waals surface area contributed by atoms with Gasteiger partial charge in [0.15, 0.2) is 0 Å². The smallest absolute Gasteiger partial charge is 0.0445 e. The van der Waals surface area contributed by atoms with Gasteiger partial charge in [-0.2, -0.15) is 0 Å². The monoisotopic (exact) mass is 264 g/mol. The fourth-order valence-corrected chi connectivity index (χ4v) is 2.47. The lowest BCUT2D eigenvalue weighted by Gasteiger charge is -2.26. The molecule has 0 saturated carbocycles. The zero-order valence-corrected chi connectivity index (χ0v) is 12.2. The molecule has 1 rings (SSSR count). The Bertz CT molecular complexity index is 329. The van der Waals surface area contributed by atoms with E-state index in [1.54, 1.807) is 0 Å². The average Bonchev–Trinajstić information content (AvgIpc) is 2.46. The summed E-state index contributed by atoms with van der Waals surface area (Å²) in [4.78, 5) is 0. The van der Waals surface area contributed by atoms with Crippen molar-refractivity contribution in [2.75, 3.05) is 13.2 Å². The first kappa shape index (κ1) is 16.2. The van der Waals surface area contributed by atoms with Gasteiger partial charge in [0.25, 0.3) is 0 Å². The van der Waals surface area contributed by atoms with Gasteiger partial charge in [-0.3, -0.25) is 0 Å². The molecule has 0 aromatic heterocycles. The van der Waals surface area contributed by atoms with E-state index in [-0.39, 0.29) is 6.61 Å². The van der Waals surface area contributed by atoms with E-state index in [9.17, 15) is 0 Å². The Kier molecular flexibility index (Phi) is 7.72. The summed E-state index contributed by atoms with van der Waals surface area (Å²) in [5, 5.41) is 12.6. The first-order valence-corrected chi connectivity index (χ1v) is 7.33. The summed E-state index contributed by atoms with van der Waals surface area (Å²) >= 11 is 0. The van der Waals surface area contributed by atoms with E-state index in [1.807, 2.05) is 6.07 Å². The van der Waals surface area contributed by atoms with Crippen molar-refractivity contribution in [2.24, 2.45) is 5.73 Å². The topological polar surface area (TPSA) is 58.3 Å². The van der Waals surface area contributed by atoms with Crippen LogP contribution in [-0.4, -0.2) is 30.3 Å². The van der Waals surface area contributed by atoms with E-state index in [2.05, 4.69) is 43.4 Å². The molecule has 3 heteroatoms. The second-order valence-corrected chi connectivity index (χ2v) is 5.26. The zero-order chi connectivity index (χ0) is 14.1. The van der Waals surface area contributed by atoms with Crippen molar-refractivity contribution >= 4 is 0 Å². The molecule has 0 aliphatic rings. The Labute approximate surface area is 117 Å². The van der Waals surface area contributed by atoms with Gasteiger partial charge in [0, 0.05) is 25.2 Å². The van der Waals surface area contributed by atoms with Crippen molar-refractivity contribution in [2.45, 2.75) is 51.1 Å². The van der Waals surface area contributed by atoms with Crippen LogP contribution in [0.2, 0.25) is 0 Å². The summed E-state index contributed by atoms with van der Waals surface area (Å²) < 4.78 is 0. The Hall–Kier alpha value is -0.900. The van der Waals surface area contributed by atoms with Crippen LogP contribution >= 0.6 is 0 Å². The molecule has 0 bridgehead atoms. The highest BCUT2D eigenvalue weighted by molar-refractivity contribution is 5.18. The van der Waals surface area contributed by atoms with Gasteiger partial charge in [-0.1, -0.05) is 44.2 Å². The van der Waals surface area contributed by atoms with E-state index in [4.69, 9.17) is 10.8 Å². The number of aliphatic hydroxyl groups is 1. The molecule has 108 valence electrons. The van der Waals surface area contributed by atoms with Crippen molar-refractivity contribution < 1.29 is 5.11 Å². The molecular formula is C16H28N2O. The van der Waals surface area contributed by atoms with Crippen molar-refractivity contribution in [3.8, 4) is 0 Å². The van der Waals surface area contributed by atoms with E-state index in [0.29, 0.717) is 24.5 Å². The number of hydrogen-bond acceptors (Lipinski definition) is 3. The second-order valence-electron chi connectivity index (χ2n) is 5.26. The summed E-state index contributed by atoms with van der Waals surface area (Å²) in [5.74, 6) is 0.494. The number of nitrogens with one attached hydrogen (secondary N) is 1. The summed E-state index contributed by atoms with van der Waals surface area (Å²) in [7, 11) is 0. The summed E-state index contributed by atoms with van der Waals surface area (Å²) in [5.41, 5.74) is 7.23. The summed E-state index contributed by atoms with van der Waals surface area (Å²) in [6.45, 7) is 5.25. The highest BCUT2D eigenvalue weighted by Gasteiger charge is 2.16. The minimum absolute atomic E-state index is 0.233. The molecule has 0 aliphatic heterocycles. The molecule has 0 amide bonds. The lowest BCUT2D eigenvalue weighted by molar-refractivity contribution is 0.252. The number of benzene rings is 1. The van der Waals surface area contributed by atoms with Gasteiger partial charge < -0.3 is 16.2 Å². The predicted octanol–water partition coefficient (Wildman–Crippen LogP) is 2.26. The largest absolute Gasteiger partial charge is 0.396 e. The molecule has 1 aromatic carbocycles. The van der Waals surface area contributed by atoms with Crippen LogP contribution in [0.5, 0.6) is 0 Å². The molecule has 1 aromatic rings. The van der Waals surface area contributed by atoms with Crippen LogP contribution in [0.4, 0.5) is 0 Å². The van der Waals surface area contributed by atoms with Gasteiger partial charge in [-0.25, -0.2) is 0 Å². The third-order valence-electron chi connectivity index (χ3n) is 3.73. The average molecular weight is 264 g/mol. The Morgan fingerprint density at radius 2 is 1.89 bits per heavy atom. The number of aliphatic hydroxyl groups excluding tert-OH is 1. The van der Waals surface area contributed by atoms with Crippen molar-refractivity contribution in [1.82, 2.24) is 5.32 Å². The van der Waals surface area contributed by atoms with Crippen LogP contribution in [0.15, 0.2) is 30.3 Å². The Morgan fingerprint density at radius 3 is 2.42 bits per heavy atom. The SMILES string of the molecule is CCC(CCO)NC(CN)CC(C)c1ccccc1. The summed E-state index contributed by atoms with van der Waals surface area (Å²) in [6.07, 6.45) is 2.85. The van der Waals surface area contributed by atoms with Gasteiger partial charge in [0.05, 0.1) is 0 Å². The van der Waals surface area contributed by atoms with E-state index in [1.165, 1.54) is 5.56 Å². The summed E-state index contributed by atoms with van der Waals surface area (Å²) in [6, 6.07) is 11.2. The van der Waals surface area contributed by atoms with Gasteiger partial charge in [0.2, 0.25) is 0 Å². The second kappa shape index (κ2) is 9.08. The quantitative estimate of drug-likeness (QED) is 0.641. The maximum absolute atomic E-state index is 9.04. The number of hydrogen-bond donors (Lipinski definition) is 3. The van der Waals surface area contributed by atoms with Crippen molar-refractivity contribution in [3.05, 3.63) is 35.9 Å². The van der Waals surface area contributed by atoms with Crippen LogP contribution in [-0.2, 0) is 0 Å². The Morgan fingerprint density at radius 1 is 1.21 bits per heavy atom. The number of nitrogens with two attached hydrogens (primary N) is 1. The van der Waals surface area contributed by atoms with Crippen LogP contribution in [0.25, 0.3) is 0 Å². The highest BCUT2D eigenvalue weighted by atomic mass is 16.3. The van der Waals surface area contributed by atoms with Crippen LogP contribution in [0, 0.1) is 0 Å². The maximum Gasteiger partial charge on any atom is 0.0445 e. The van der Waals surface area contributed by atoms with E-state index >= 15 is 0 Å². The molecule has 0 radical (unpaired) electrons. The normalized spacial score (nSPS) is 16.0. The maximum atomic E-state index is 9.04. The first-order chi connectivity index (χ1) is 9.21. The van der Waals surface area contributed by atoms with E-state index < -0.39 is 0 Å². The van der Waals surface area contributed by atoms with Gasteiger partial charge in [-0.05, 0) is 30.7 Å². The van der Waals surface area contributed by atoms with Crippen LogP contribution in [0.3, 0.4) is 0 Å². The van der Waals surface area contributed by atoms with Crippen molar-refractivity contribution in [3.63, 3.8) is 0 Å². The Balaban J connectivity index is 2.51. The molecule has 3 atom stereocenters. The minimum Gasteiger partial charge on any atom is -0.396 e. The molecule has 0 aliphatic carbocycles. The van der Waals surface area contributed by atoms with Crippen LogP contribution < -0.4 is 11.1 Å². The number of rotatable bonds is 9. The zero-order valence-electron chi connectivity index (χ0n) is 12.2. The predicted molar refractivity (Wildman–Crippen MR) is 81.2 cm³/mol. The third-order valence-corrected chi connectivity index (χ3v) is 3.73. The fraction of sp³-hybridized carbons (Fsp3) is 0.625. The molecule has 0 spiro atoms. The fourth-order valence-electron chi connectivity index (χ4n) is 2.47. The van der Waals surface area contributed by atoms with Crippen molar-refractivity contribution in [1.29, 1.82) is 0 Å². The molecule has 0 heterocycles. The molecule has 4 N–H and O–H groups in total. The molecule has 19 heavy (non-hydrogen) atoms. The standard InChI is InChI=1S/C16H28N2O/c1-3-15(9-10-19)18-16(12-17)11-13(2)14-7-5-4-6-8-14/h4-8,13,15-16,18-19H,3,9-12,17H2,1-2H3.